The van der Waals surface area contributed by atoms with Gasteiger partial charge in [-0.15, -0.1) is 6.58 Å². The molecule has 2 atom stereocenters. The standard InChI is InChI=1S/C20H24FNO3/c1-3-11-23-17-5-4-6-18(12-17)24-13-19-14(2)25-20(22-19)15-7-9-16(21)10-8-15/h3,7-10,17-18H,1,4-6,11-13H2,2H3/t17-,18+/m1/s1. The van der Waals surface area contributed by atoms with Gasteiger partial charge in [0.2, 0.25) is 5.89 Å². The lowest BCUT2D eigenvalue weighted by Gasteiger charge is -2.28. The van der Waals surface area contributed by atoms with Gasteiger partial charge in [0, 0.05) is 5.56 Å². The fourth-order valence-corrected chi connectivity index (χ4v) is 3.08. The number of rotatable bonds is 7. The highest BCUT2D eigenvalue weighted by Gasteiger charge is 2.23. The van der Waals surface area contributed by atoms with Crippen LogP contribution >= 0.6 is 0 Å². The Kier molecular flexibility index (Phi) is 6.00. The molecule has 0 spiro atoms. The second-order valence-corrected chi connectivity index (χ2v) is 6.37. The Morgan fingerprint density at radius 1 is 1.24 bits per heavy atom. The predicted molar refractivity (Wildman–Crippen MR) is 93.6 cm³/mol. The molecule has 4 nitrogen and oxygen atoms in total. The number of benzene rings is 1. The lowest BCUT2D eigenvalue weighted by Crippen LogP contribution is -2.28. The Morgan fingerprint density at radius 3 is 2.68 bits per heavy atom. The summed E-state index contributed by atoms with van der Waals surface area (Å²) in [6.45, 7) is 6.55. The first kappa shape index (κ1) is 17.8. The normalized spacial score (nSPS) is 20.6. The molecule has 0 aliphatic heterocycles. The van der Waals surface area contributed by atoms with Crippen molar-refractivity contribution >= 4 is 0 Å². The van der Waals surface area contributed by atoms with Gasteiger partial charge in [-0.2, -0.15) is 0 Å². The lowest BCUT2D eigenvalue weighted by molar-refractivity contribution is -0.0448. The molecule has 1 aliphatic rings. The maximum atomic E-state index is 13.0. The Morgan fingerprint density at radius 2 is 1.96 bits per heavy atom. The first-order valence-corrected chi connectivity index (χ1v) is 8.72. The monoisotopic (exact) mass is 345 g/mol. The Labute approximate surface area is 147 Å². The molecule has 3 rings (SSSR count). The molecule has 0 amide bonds. The number of aryl methyl sites for hydroxylation is 1. The number of nitrogens with zero attached hydrogens (tertiary/aromatic N) is 1. The van der Waals surface area contributed by atoms with Crippen LogP contribution in [-0.2, 0) is 16.1 Å². The van der Waals surface area contributed by atoms with E-state index < -0.39 is 0 Å². The molecule has 1 aromatic carbocycles. The van der Waals surface area contributed by atoms with Crippen LogP contribution in [0.5, 0.6) is 0 Å². The molecular formula is C20H24FNO3. The highest BCUT2D eigenvalue weighted by atomic mass is 19.1. The number of hydrogen-bond acceptors (Lipinski definition) is 4. The summed E-state index contributed by atoms with van der Waals surface area (Å²) in [4.78, 5) is 4.50. The topological polar surface area (TPSA) is 44.5 Å². The summed E-state index contributed by atoms with van der Waals surface area (Å²) < 4.78 is 30.5. The van der Waals surface area contributed by atoms with Gasteiger partial charge in [-0.1, -0.05) is 6.08 Å². The summed E-state index contributed by atoms with van der Waals surface area (Å²) in [5.41, 5.74) is 1.54. The van der Waals surface area contributed by atoms with Crippen LogP contribution in [0.1, 0.15) is 37.1 Å². The fourth-order valence-electron chi connectivity index (χ4n) is 3.08. The van der Waals surface area contributed by atoms with Crippen molar-refractivity contribution in [1.29, 1.82) is 0 Å². The average molecular weight is 345 g/mol. The highest BCUT2D eigenvalue weighted by molar-refractivity contribution is 5.53. The van der Waals surface area contributed by atoms with Crippen molar-refractivity contribution < 1.29 is 18.3 Å². The predicted octanol–water partition coefficient (Wildman–Crippen LogP) is 4.82. The van der Waals surface area contributed by atoms with Gasteiger partial charge in [-0.25, -0.2) is 9.37 Å². The molecule has 2 aromatic rings. The Balaban J connectivity index is 1.58. The summed E-state index contributed by atoms with van der Waals surface area (Å²) in [6.07, 6.45) is 6.31. The van der Waals surface area contributed by atoms with Crippen molar-refractivity contribution in [3.05, 3.63) is 54.2 Å². The van der Waals surface area contributed by atoms with E-state index in [-0.39, 0.29) is 18.0 Å². The van der Waals surface area contributed by atoms with E-state index in [0.717, 1.165) is 42.7 Å². The van der Waals surface area contributed by atoms with Crippen molar-refractivity contribution in [2.24, 2.45) is 0 Å². The minimum Gasteiger partial charge on any atom is -0.441 e. The van der Waals surface area contributed by atoms with Crippen LogP contribution in [0.15, 0.2) is 41.3 Å². The van der Waals surface area contributed by atoms with Crippen LogP contribution in [0.2, 0.25) is 0 Å². The second kappa shape index (κ2) is 8.41. The summed E-state index contributed by atoms with van der Waals surface area (Å²) in [7, 11) is 0. The minimum atomic E-state index is -0.277. The van der Waals surface area contributed by atoms with Crippen LogP contribution in [-0.4, -0.2) is 23.8 Å². The summed E-state index contributed by atoms with van der Waals surface area (Å²) in [5, 5.41) is 0. The van der Waals surface area contributed by atoms with E-state index in [1.807, 2.05) is 6.92 Å². The van der Waals surface area contributed by atoms with Crippen LogP contribution in [0.25, 0.3) is 11.5 Å². The number of aromatic nitrogens is 1. The van der Waals surface area contributed by atoms with Crippen molar-refractivity contribution in [3.63, 3.8) is 0 Å². The van der Waals surface area contributed by atoms with Gasteiger partial charge in [0.1, 0.15) is 17.3 Å². The molecule has 1 heterocycles. The van der Waals surface area contributed by atoms with Gasteiger partial charge in [0.05, 0.1) is 25.4 Å². The van der Waals surface area contributed by atoms with Crippen LogP contribution in [0.4, 0.5) is 4.39 Å². The summed E-state index contributed by atoms with van der Waals surface area (Å²) in [5.74, 6) is 0.947. The van der Waals surface area contributed by atoms with Crippen LogP contribution in [0, 0.1) is 12.7 Å². The number of oxazole rings is 1. The largest absolute Gasteiger partial charge is 0.441 e. The third kappa shape index (κ3) is 4.77. The van der Waals surface area contributed by atoms with Gasteiger partial charge < -0.3 is 13.9 Å². The van der Waals surface area contributed by atoms with E-state index in [4.69, 9.17) is 13.9 Å². The fraction of sp³-hybridized carbons (Fsp3) is 0.450. The molecule has 1 aromatic heterocycles. The molecule has 1 aliphatic carbocycles. The first-order chi connectivity index (χ1) is 12.2. The molecule has 0 radical (unpaired) electrons. The Hall–Kier alpha value is -1.98. The molecule has 1 fully saturated rings. The summed E-state index contributed by atoms with van der Waals surface area (Å²) >= 11 is 0. The van der Waals surface area contributed by atoms with Gasteiger partial charge in [-0.3, -0.25) is 0 Å². The molecule has 25 heavy (non-hydrogen) atoms. The van der Waals surface area contributed by atoms with Crippen molar-refractivity contribution in [3.8, 4) is 11.5 Å². The third-order valence-corrected chi connectivity index (χ3v) is 4.47. The molecule has 0 unspecified atom stereocenters. The van der Waals surface area contributed by atoms with Gasteiger partial charge in [0.15, 0.2) is 0 Å². The SMILES string of the molecule is C=CCO[C@@H]1CCC[C@H](OCc2nc(-c3ccc(F)cc3)oc2C)C1. The van der Waals surface area contributed by atoms with Gasteiger partial charge in [0.25, 0.3) is 0 Å². The van der Waals surface area contributed by atoms with Crippen molar-refractivity contribution in [1.82, 2.24) is 4.98 Å². The van der Waals surface area contributed by atoms with E-state index in [1.165, 1.54) is 12.1 Å². The Bertz CT molecular complexity index is 695. The van der Waals surface area contributed by atoms with Crippen LogP contribution < -0.4 is 0 Å². The van der Waals surface area contributed by atoms with E-state index in [1.54, 1.807) is 18.2 Å². The van der Waals surface area contributed by atoms with Gasteiger partial charge in [-0.05, 0) is 56.9 Å². The van der Waals surface area contributed by atoms with E-state index in [2.05, 4.69) is 11.6 Å². The summed E-state index contributed by atoms with van der Waals surface area (Å²) in [6, 6.07) is 6.12. The molecule has 0 saturated heterocycles. The third-order valence-electron chi connectivity index (χ3n) is 4.47. The van der Waals surface area contributed by atoms with E-state index in [0.29, 0.717) is 19.1 Å². The van der Waals surface area contributed by atoms with E-state index in [9.17, 15) is 4.39 Å². The quantitative estimate of drug-likeness (QED) is 0.675. The number of hydrogen-bond donors (Lipinski definition) is 0. The smallest absolute Gasteiger partial charge is 0.226 e. The molecule has 0 bridgehead atoms. The zero-order valence-electron chi connectivity index (χ0n) is 14.5. The maximum Gasteiger partial charge on any atom is 0.226 e. The van der Waals surface area contributed by atoms with Crippen LogP contribution in [0.3, 0.4) is 0 Å². The second-order valence-electron chi connectivity index (χ2n) is 6.37. The average Bonchev–Trinajstić information content (AvgIpc) is 3.00. The molecule has 1 saturated carbocycles. The number of halogens is 1. The minimum absolute atomic E-state index is 0.175. The van der Waals surface area contributed by atoms with E-state index >= 15 is 0 Å². The zero-order chi connectivity index (χ0) is 17.6. The molecule has 134 valence electrons. The number of ether oxygens (including phenoxy) is 2. The molecular weight excluding hydrogens is 321 g/mol. The molecule has 5 heteroatoms. The lowest BCUT2D eigenvalue weighted by atomic mass is 9.95. The maximum absolute atomic E-state index is 13.0. The van der Waals surface area contributed by atoms with Crippen molar-refractivity contribution in [2.45, 2.75) is 51.4 Å². The van der Waals surface area contributed by atoms with Gasteiger partial charge >= 0.3 is 0 Å². The highest BCUT2D eigenvalue weighted by Crippen LogP contribution is 2.26. The first-order valence-electron chi connectivity index (χ1n) is 8.72. The molecule has 0 N–H and O–H groups in total. The zero-order valence-corrected chi connectivity index (χ0v) is 14.5. The van der Waals surface area contributed by atoms with Crippen molar-refractivity contribution in [2.75, 3.05) is 6.61 Å².